The maximum Gasteiger partial charge on any atom is 0.309 e. The normalized spacial score (nSPS) is 15.3. The molecule has 84 valence electrons. The summed E-state index contributed by atoms with van der Waals surface area (Å²) >= 11 is 0. The number of aliphatic hydroxyl groups excluding tert-OH is 1. The van der Waals surface area contributed by atoms with Gasteiger partial charge in [-0.3, -0.25) is 4.79 Å². The van der Waals surface area contributed by atoms with Crippen molar-refractivity contribution >= 4 is 5.97 Å². The van der Waals surface area contributed by atoms with Gasteiger partial charge in [-0.15, -0.1) is 0 Å². The Balaban J connectivity index is 3.85. The predicted molar refractivity (Wildman–Crippen MR) is 54.9 cm³/mol. The van der Waals surface area contributed by atoms with Gasteiger partial charge in [0, 0.05) is 12.6 Å². The average molecular weight is 203 g/mol. The minimum atomic E-state index is -0.224. The Hall–Kier alpha value is -0.610. The summed E-state index contributed by atoms with van der Waals surface area (Å²) in [5.41, 5.74) is 0. The fraction of sp³-hybridized carbons (Fsp3) is 0.900. The highest BCUT2D eigenvalue weighted by atomic mass is 16.5. The number of ether oxygens (including phenoxy) is 1. The summed E-state index contributed by atoms with van der Waals surface area (Å²) < 4.78 is 4.60. The molecule has 0 spiro atoms. The van der Waals surface area contributed by atoms with E-state index < -0.39 is 0 Å². The molecule has 4 nitrogen and oxygen atoms in total. The van der Waals surface area contributed by atoms with Crippen LogP contribution < -0.4 is 5.32 Å². The van der Waals surface area contributed by atoms with E-state index in [1.165, 1.54) is 7.11 Å². The summed E-state index contributed by atoms with van der Waals surface area (Å²) in [7, 11) is 1.38. The van der Waals surface area contributed by atoms with Crippen LogP contribution in [-0.4, -0.2) is 37.4 Å². The van der Waals surface area contributed by atoms with Gasteiger partial charge in [-0.25, -0.2) is 0 Å². The second kappa shape index (κ2) is 6.79. The number of nitrogens with one attached hydrogen (secondary N) is 1. The molecule has 0 fully saturated rings. The number of esters is 1. The molecule has 0 saturated carbocycles. The van der Waals surface area contributed by atoms with Crippen LogP contribution in [0.15, 0.2) is 0 Å². The summed E-state index contributed by atoms with van der Waals surface area (Å²) in [6.45, 7) is 6.47. The lowest BCUT2D eigenvalue weighted by molar-refractivity contribution is -0.144. The molecule has 0 radical (unpaired) electrons. The largest absolute Gasteiger partial charge is 0.469 e. The number of aliphatic hydroxyl groups is 1. The summed E-state index contributed by atoms with van der Waals surface area (Å²) in [6.07, 6.45) is 0. The molecule has 0 amide bonds. The first kappa shape index (κ1) is 13.4. The summed E-state index contributed by atoms with van der Waals surface area (Å²) in [5, 5.41) is 12.2. The minimum absolute atomic E-state index is 0.0436. The van der Waals surface area contributed by atoms with Crippen molar-refractivity contribution in [1.82, 2.24) is 5.32 Å². The van der Waals surface area contributed by atoms with Crippen LogP contribution in [0.25, 0.3) is 0 Å². The average Bonchev–Trinajstić information content (AvgIpc) is 2.16. The molecule has 2 atom stereocenters. The molecule has 0 heterocycles. The van der Waals surface area contributed by atoms with Crippen LogP contribution in [0.1, 0.15) is 20.8 Å². The molecule has 1 unspecified atom stereocenters. The van der Waals surface area contributed by atoms with E-state index >= 15 is 0 Å². The number of hydrogen-bond acceptors (Lipinski definition) is 4. The molecule has 2 N–H and O–H groups in total. The highest BCUT2D eigenvalue weighted by Gasteiger charge is 2.16. The van der Waals surface area contributed by atoms with Crippen LogP contribution in [0.5, 0.6) is 0 Å². The third kappa shape index (κ3) is 4.58. The van der Waals surface area contributed by atoms with Crippen molar-refractivity contribution < 1.29 is 14.6 Å². The quantitative estimate of drug-likeness (QED) is 0.614. The predicted octanol–water partition coefficient (Wildman–Crippen LogP) is 0.402. The van der Waals surface area contributed by atoms with Crippen LogP contribution in [0.3, 0.4) is 0 Å². The molecule has 0 aromatic heterocycles. The Morgan fingerprint density at radius 3 is 2.36 bits per heavy atom. The van der Waals surface area contributed by atoms with Crippen molar-refractivity contribution in [3.8, 4) is 0 Å². The van der Waals surface area contributed by atoms with Crippen molar-refractivity contribution in [1.29, 1.82) is 0 Å². The van der Waals surface area contributed by atoms with Crippen molar-refractivity contribution in [2.45, 2.75) is 26.8 Å². The van der Waals surface area contributed by atoms with E-state index in [1.807, 2.05) is 13.8 Å². The van der Waals surface area contributed by atoms with E-state index in [1.54, 1.807) is 6.92 Å². The first-order valence-corrected chi connectivity index (χ1v) is 4.95. The second-order valence-electron chi connectivity index (χ2n) is 3.87. The minimum Gasteiger partial charge on any atom is -0.469 e. The van der Waals surface area contributed by atoms with Gasteiger partial charge in [-0.1, -0.05) is 20.8 Å². The van der Waals surface area contributed by atoms with E-state index in [-0.39, 0.29) is 24.5 Å². The zero-order valence-electron chi connectivity index (χ0n) is 9.41. The number of carbonyl (C=O) groups is 1. The Morgan fingerprint density at radius 2 is 2.00 bits per heavy atom. The van der Waals surface area contributed by atoms with E-state index in [0.29, 0.717) is 12.5 Å². The molecule has 4 heteroatoms. The Bertz CT molecular complexity index is 171. The molecule has 0 aromatic carbocycles. The van der Waals surface area contributed by atoms with Crippen molar-refractivity contribution in [3.05, 3.63) is 0 Å². The van der Waals surface area contributed by atoms with E-state index in [0.717, 1.165) is 0 Å². The highest BCUT2D eigenvalue weighted by molar-refractivity contribution is 5.72. The van der Waals surface area contributed by atoms with Crippen LogP contribution in [-0.2, 0) is 9.53 Å². The van der Waals surface area contributed by atoms with Gasteiger partial charge in [0.05, 0.1) is 19.6 Å². The lowest BCUT2D eigenvalue weighted by atomic mass is 10.0. The lowest BCUT2D eigenvalue weighted by Crippen LogP contribution is -2.40. The van der Waals surface area contributed by atoms with Gasteiger partial charge in [0.15, 0.2) is 0 Å². The molecular formula is C10H21NO3. The molecule has 0 aliphatic carbocycles. The Labute approximate surface area is 85.6 Å². The third-order valence-electron chi connectivity index (χ3n) is 2.29. The van der Waals surface area contributed by atoms with E-state index in [2.05, 4.69) is 10.1 Å². The Kier molecular flexibility index (Phi) is 6.49. The maximum atomic E-state index is 11.1. The number of hydrogen-bond donors (Lipinski definition) is 2. The molecule has 0 aliphatic heterocycles. The SMILES string of the molecule is COC(=O)C(C)CN[C@H](CO)C(C)C. The number of methoxy groups -OCH3 is 1. The van der Waals surface area contributed by atoms with Crippen LogP contribution in [0.4, 0.5) is 0 Å². The van der Waals surface area contributed by atoms with Gasteiger partial charge in [0.2, 0.25) is 0 Å². The number of carbonyl (C=O) groups excluding carboxylic acids is 1. The summed E-state index contributed by atoms with van der Waals surface area (Å²) in [5.74, 6) is -0.0457. The fourth-order valence-electron chi connectivity index (χ4n) is 1.12. The van der Waals surface area contributed by atoms with Crippen molar-refractivity contribution in [3.63, 3.8) is 0 Å². The molecule has 0 saturated heterocycles. The zero-order chi connectivity index (χ0) is 11.1. The fourth-order valence-corrected chi connectivity index (χ4v) is 1.12. The molecule has 14 heavy (non-hydrogen) atoms. The first-order valence-electron chi connectivity index (χ1n) is 4.95. The zero-order valence-corrected chi connectivity index (χ0v) is 9.41. The van der Waals surface area contributed by atoms with Gasteiger partial charge >= 0.3 is 5.97 Å². The van der Waals surface area contributed by atoms with Gasteiger partial charge in [0.1, 0.15) is 0 Å². The smallest absolute Gasteiger partial charge is 0.309 e. The summed E-state index contributed by atoms with van der Waals surface area (Å²) in [4.78, 5) is 11.1. The topological polar surface area (TPSA) is 58.6 Å². The molecule has 0 rings (SSSR count). The molecule has 0 bridgehead atoms. The standard InChI is InChI=1S/C10H21NO3/c1-7(2)9(6-12)11-5-8(3)10(13)14-4/h7-9,11-12H,5-6H2,1-4H3/t8?,9-/m1/s1. The monoisotopic (exact) mass is 203 g/mol. The van der Waals surface area contributed by atoms with E-state index in [9.17, 15) is 4.79 Å². The second-order valence-corrected chi connectivity index (χ2v) is 3.87. The third-order valence-corrected chi connectivity index (χ3v) is 2.29. The van der Waals surface area contributed by atoms with Crippen LogP contribution >= 0.6 is 0 Å². The van der Waals surface area contributed by atoms with Gasteiger partial charge in [-0.2, -0.15) is 0 Å². The number of rotatable bonds is 6. The van der Waals surface area contributed by atoms with Crippen molar-refractivity contribution in [2.75, 3.05) is 20.3 Å². The molecule has 0 aliphatic rings. The highest BCUT2D eigenvalue weighted by Crippen LogP contribution is 2.02. The van der Waals surface area contributed by atoms with Crippen LogP contribution in [0, 0.1) is 11.8 Å². The van der Waals surface area contributed by atoms with Gasteiger partial charge < -0.3 is 15.2 Å². The van der Waals surface area contributed by atoms with Gasteiger partial charge in [0.25, 0.3) is 0 Å². The Morgan fingerprint density at radius 1 is 1.43 bits per heavy atom. The summed E-state index contributed by atoms with van der Waals surface area (Å²) in [6, 6.07) is 0.0436. The van der Waals surface area contributed by atoms with Crippen molar-refractivity contribution in [2.24, 2.45) is 11.8 Å². The van der Waals surface area contributed by atoms with Gasteiger partial charge in [-0.05, 0) is 5.92 Å². The molecule has 0 aromatic rings. The maximum absolute atomic E-state index is 11.1. The van der Waals surface area contributed by atoms with Crippen LogP contribution in [0.2, 0.25) is 0 Å². The first-order chi connectivity index (χ1) is 6.52. The molecular weight excluding hydrogens is 182 g/mol. The van der Waals surface area contributed by atoms with E-state index in [4.69, 9.17) is 5.11 Å². The lowest BCUT2D eigenvalue weighted by Gasteiger charge is -2.21.